The van der Waals surface area contributed by atoms with Gasteiger partial charge in [-0.3, -0.25) is 0 Å². The maximum Gasteiger partial charge on any atom is 0.191 e. The van der Waals surface area contributed by atoms with Crippen LogP contribution in [-0.4, -0.2) is 24.2 Å². The molecule has 1 aromatic heterocycles. The van der Waals surface area contributed by atoms with E-state index in [4.69, 9.17) is 4.52 Å². The summed E-state index contributed by atoms with van der Waals surface area (Å²) in [7, 11) is 0. The van der Waals surface area contributed by atoms with E-state index in [1.54, 1.807) is 0 Å². The largest absolute Gasteiger partial charge is 0.361 e. The topological polar surface area (TPSA) is 62.5 Å². The van der Waals surface area contributed by atoms with Crippen molar-refractivity contribution in [2.45, 2.75) is 40.7 Å². The van der Waals surface area contributed by atoms with Gasteiger partial charge in [0.1, 0.15) is 5.76 Å². The first-order valence-electron chi connectivity index (χ1n) is 7.05. The summed E-state index contributed by atoms with van der Waals surface area (Å²) in [6, 6.07) is 0. The molecule has 0 aromatic carbocycles. The molecular weight excluding hydrogens is 240 g/mol. The van der Waals surface area contributed by atoms with Gasteiger partial charge in [-0.2, -0.15) is 0 Å². The van der Waals surface area contributed by atoms with Crippen LogP contribution >= 0.6 is 0 Å². The van der Waals surface area contributed by atoms with Gasteiger partial charge in [-0.25, -0.2) is 4.99 Å². The van der Waals surface area contributed by atoms with Gasteiger partial charge in [0.25, 0.3) is 0 Å². The average molecular weight is 264 g/mol. The first-order valence-corrected chi connectivity index (χ1v) is 7.05. The second-order valence-electron chi connectivity index (χ2n) is 5.35. The van der Waals surface area contributed by atoms with Crippen LogP contribution in [0.15, 0.2) is 9.52 Å². The molecule has 0 aliphatic heterocycles. The lowest BCUT2D eigenvalue weighted by atomic mass is 10.2. The van der Waals surface area contributed by atoms with Crippen LogP contribution in [0.5, 0.6) is 0 Å². The average Bonchev–Trinajstić information content (AvgIpc) is 3.00. The molecule has 1 saturated carbocycles. The first-order chi connectivity index (χ1) is 9.11. The summed E-state index contributed by atoms with van der Waals surface area (Å²) in [5, 5.41) is 10.6. The Labute approximate surface area is 114 Å². The number of aromatic nitrogens is 1. The van der Waals surface area contributed by atoms with Crippen molar-refractivity contribution in [3.63, 3.8) is 0 Å². The highest BCUT2D eigenvalue weighted by atomic mass is 16.5. The van der Waals surface area contributed by atoms with Crippen molar-refractivity contribution < 1.29 is 4.52 Å². The van der Waals surface area contributed by atoms with Crippen LogP contribution in [0.3, 0.4) is 0 Å². The molecule has 5 heteroatoms. The first kappa shape index (κ1) is 13.9. The highest BCUT2D eigenvalue weighted by Crippen LogP contribution is 2.36. The molecule has 2 unspecified atom stereocenters. The van der Waals surface area contributed by atoms with Crippen LogP contribution in [0.1, 0.15) is 37.3 Å². The van der Waals surface area contributed by atoms with Crippen LogP contribution in [0, 0.1) is 25.7 Å². The van der Waals surface area contributed by atoms with Gasteiger partial charge < -0.3 is 15.2 Å². The summed E-state index contributed by atoms with van der Waals surface area (Å²) < 4.78 is 5.15. The number of guanidine groups is 1. The number of hydrogen-bond donors (Lipinski definition) is 2. The zero-order chi connectivity index (χ0) is 13.8. The van der Waals surface area contributed by atoms with E-state index in [1.807, 2.05) is 13.8 Å². The Bertz CT molecular complexity index is 433. The Balaban J connectivity index is 1.91. The van der Waals surface area contributed by atoms with E-state index in [0.29, 0.717) is 6.54 Å². The van der Waals surface area contributed by atoms with Crippen molar-refractivity contribution >= 4 is 5.96 Å². The van der Waals surface area contributed by atoms with E-state index >= 15 is 0 Å². The fourth-order valence-electron chi connectivity index (χ4n) is 2.14. The van der Waals surface area contributed by atoms with Crippen molar-refractivity contribution in [1.82, 2.24) is 15.8 Å². The van der Waals surface area contributed by atoms with Crippen molar-refractivity contribution in [2.24, 2.45) is 16.8 Å². The molecule has 0 radical (unpaired) electrons. The quantitative estimate of drug-likeness (QED) is 0.631. The number of nitrogens with zero attached hydrogens (tertiary/aromatic N) is 2. The van der Waals surface area contributed by atoms with E-state index in [9.17, 15) is 0 Å². The molecule has 106 valence electrons. The summed E-state index contributed by atoms with van der Waals surface area (Å²) in [6.07, 6.45) is 1.33. The van der Waals surface area contributed by atoms with Gasteiger partial charge in [0.15, 0.2) is 5.96 Å². The van der Waals surface area contributed by atoms with Gasteiger partial charge in [0.05, 0.1) is 12.2 Å². The third kappa shape index (κ3) is 3.72. The third-order valence-corrected chi connectivity index (χ3v) is 3.73. The predicted molar refractivity (Wildman–Crippen MR) is 76.1 cm³/mol. The second-order valence-corrected chi connectivity index (χ2v) is 5.35. The summed E-state index contributed by atoms with van der Waals surface area (Å²) in [6.45, 7) is 10.7. The highest BCUT2D eigenvalue weighted by Gasteiger charge is 2.32. The molecule has 19 heavy (non-hydrogen) atoms. The molecule has 1 aliphatic carbocycles. The SMILES string of the molecule is CCNC(=NCc1c(C)noc1C)NCC1CC1C. The lowest BCUT2D eigenvalue weighted by Crippen LogP contribution is -2.38. The zero-order valence-electron chi connectivity index (χ0n) is 12.3. The molecule has 1 fully saturated rings. The normalized spacial score (nSPS) is 22.4. The summed E-state index contributed by atoms with van der Waals surface area (Å²) in [5.74, 6) is 3.40. The molecular formula is C14H24N4O. The molecule has 0 saturated heterocycles. The van der Waals surface area contributed by atoms with Crippen LogP contribution in [0.4, 0.5) is 0 Å². The van der Waals surface area contributed by atoms with Gasteiger partial charge in [-0.1, -0.05) is 12.1 Å². The minimum atomic E-state index is 0.608. The minimum Gasteiger partial charge on any atom is -0.361 e. The molecule has 0 spiro atoms. The van der Waals surface area contributed by atoms with E-state index < -0.39 is 0 Å². The van der Waals surface area contributed by atoms with Crippen molar-refractivity contribution in [3.05, 3.63) is 17.0 Å². The molecule has 0 amide bonds. The predicted octanol–water partition coefficient (Wildman–Crippen LogP) is 2.00. The Kier molecular flexibility index (Phi) is 4.45. The zero-order valence-corrected chi connectivity index (χ0v) is 12.3. The maximum absolute atomic E-state index is 5.15. The summed E-state index contributed by atoms with van der Waals surface area (Å²) in [4.78, 5) is 4.60. The van der Waals surface area contributed by atoms with Gasteiger partial charge >= 0.3 is 0 Å². The molecule has 1 aliphatic rings. The minimum absolute atomic E-state index is 0.608. The van der Waals surface area contributed by atoms with Crippen molar-refractivity contribution in [1.29, 1.82) is 0 Å². The number of hydrogen-bond acceptors (Lipinski definition) is 3. The molecule has 1 aromatic rings. The Morgan fingerprint density at radius 1 is 1.42 bits per heavy atom. The van der Waals surface area contributed by atoms with E-state index in [0.717, 1.165) is 47.9 Å². The van der Waals surface area contributed by atoms with E-state index in [2.05, 4.69) is 34.6 Å². The lowest BCUT2D eigenvalue weighted by Gasteiger charge is -2.10. The molecule has 1 heterocycles. The third-order valence-electron chi connectivity index (χ3n) is 3.73. The standard InChI is InChI=1S/C14H24N4O/c1-5-15-14(16-7-12-6-9(12)2)17-8-13-10(3)18-19-11(13)4/h9,12H,5-8H2,1-4H3,(H2,15,16,17). The van der Waals surface area contributed by atoms with Gasteiger partial charge in [-0.15, -0.1) is 0 Å². The monoisotopic (exact) mass is 264 g/mol. The van der Waals surface area contributed by atoms with Crippen LogP contribution in [0.25, 0.3) is 0 Å². The maximum atomic E-state index is 5.15. The number of rotatable bonds is 5. The highest BCUT2D eigenvalue weighted by molar-refractivity contribution is 5.79. The number of nitrogens with one attached hydrogen (secondary N) is 2. The molecule has 5 nitrogen and oxygen atoms in total. The number of aryl methyl sites for hydroxylation is 2. The van der Waals surface area contributed by atoms with Crippen LogP contribution in [0.2, 0.25) is 0 Å². The van der Waals surface area contributed by atoms with Crippen molar-refractivity contribution in [3.8, 4) is 0 Å². The van der Waals surface area contributed by atoms with Gasteiger partial charge in [0.2, 0.25) is 0 Å². The van der Waals surface area contributed by atoms with E-state index in [-0.39, 0.29) is 0 Å². The summed E-state index contributed by atoms with van der Waals surface area (Å²) >= 11 is 0. The lowest BCUT2D eigenvalue weighted by molar-refractivity contribution is 0.392. The Hall–Kier alpha value is -1.52. The van der Waals surface area contributed by atoms with Gasteiger partial charge in [0, 0.05) is 18.7 Å². The summed E-state index contributed by atoms with van der Waals surface area (Å²) in [5.41, 5.74) is 2.00. The molecule has 2 N–H and O–H groups in total. The smallest absolute Gasteiger partial charge is 0.191 e. The second kappa shape index (κ2) is 6.08. The Morgan fingerprint density at radius 3 is 2.68 bits per heavy atom. The molecule has 2 rings (SSSR count). The fraction of sp³-hybridized carbons (Fsp3) is 0.714. The Morgan fingerprint density at radius 2 is 2.16 bits per heavy atom. The number of aliphatic imine (C=N–C) groups is 1. The van der Waals surface area contributed by atoms with Crippen LogP contribution in [-0.2, 0) is 6.54 Å². The molecule has 0 bridgehead atoms. The van der Waals surface area contributed by atoms with Crippen molar-refractivity contribution in [2.75, 3.05) is 13.1 Å². The fourth-order valence-corrected chi connectivity index (χ4v) is 2.14. The molecule has 2 atom stereocenters. The van der Waals surface area contributed by atoms with Gasteiger partial charge in [-0.05, 0) is 39.0 Å². The van der Waals surface area contributed by atoms with Crippen LogP contribution < -0.4 is 10.6 Å². The van der Waals surface area contributed by atoms with E-state index in [1.165, 1.54) is 6.42 Å².